The Morgan fingerprint density at radius 1 is 1.03 bits per heavy atom. The van der Waals surface area contributed by atoms with Gasteiger partial charge in [0.2, 0.25) is 22.9 Å². The van der Waals surface area contributed by atoms with Gasteiger partial charge in [-0.15, -0.1) is 0 Å². The summed E-state index contributed by atoms with van der Waals surface area (Å²) in [5.41, 5.74) is -1.20. The minimum Gasteiger partial charge on any atom is -0.363 e. The number of aryl methyl sites for hydroxylation is 1. The second-order valence-corrected chi connectivity index (χ2v) is 8.47. The number of hydrogen-bond donors (Lipinski definition) is 0. The number of hydrogen-bond acceptors (Lipinski definition) is 6. The number of nitrogens with zero attached hydrogens (tertiary/aromatic N) is 3. The normalized spacial score (nSPS) is 16.3. The first-order chi connectivity index (χ1) is 17.1. The summed E-state index contributed by atoms with van der Waals surface area (Å²) in [5.74, 6) is -4.08. The number of benzene rings is 1. The Kier molecular flexibility index (Phi) is 6.78. The lowest BCUT2D eigenvalue weighted by Crippen LogP contribution is -2.48. The number of halogens is 2. The summed E-state index contributed by atoms with van der Waals surface area (Å²) in [7, 11) is 0. The molecular formula is C26H23F2N3O5. The van der Waals surface area contributed by atoms with Crippen LogP contribution in [0.5, 0.6) is 0 Å². The summed E-state index contributed by atoms with van der Waals surface area (Å²) in [6, 6.07) is 0.941. The zero-order valence-corrected chi connectivity index (χ0v) is 19.7. The largest absolute Gasteiger partial charge is 0.363 e. The van der Waals surface area contributed by atoms with E-state index < -0.39 is 34.4 Å². The number of piperazine rings is 1. The standard InChI is InChI=1S/C26H23F2N3O5/c1-3-29-14-18(20(33)6-4-16-5-7-21(34)22(35)12-16)26(36)17-13-19(27)25(23(28)24(17)29)31-10-8-30(9-11-31)15(2)32/h4-7,12-14H,3,8-11H2,1-2H3/b6-4+. The summed E-state index contributed by atoms with van der Waals surface area (Å²) in [6.45, 7) is 4.43. The first-order valence-electron chi connectivity index (χ1n) is 11.4. The molecule has 0 saturated carbocycles. The molecule has 1 saturated heterocycles. The second kappa shape index (κ2) is 9.80. The highest BCUT2D eigenvalue weighted by atomic mass is 19.1. The van der Waals surface area contributed by atoms with Crippen LogP contribution in [0, 0.1) is 11.6 Å². The van der Waals surface area contributed by atoms with Gasteiger partial charge in [-0.1, -0.05) is 12.2 Å². The first-order valence-corrected chi connectivity index (χ1v) is 11.4. The number of ketones is 3. The number of fused-ring (bicyclic) bond motifs is 1. The molecule has 1 aromatic heterocycles. The van der Waals surface area contributed by atoms with Gasteiger partial charge in [0.1, 0.15) is 11.5 Å². The Balaban J connectivity index is 1.73. The van der Waals surface area contributed by atoms with Crippen LogP contribution in [0.1, 0.15) is 24.2 Å². The smallest absolute Gasteiger partial charge is 0.226 e. The van der Waals surface area contributed by atoms with Crippen LogP contribution in [-0.2, 0) is 20.9 Å². The lowest BCUT2D eigenvalue weighted by molar-refractivity contribution is -0.131. The topological polar surface area (TPSA) is 96.8 Å². The van der Waals surface area contributed by atoms with Crippen LogP contribution < -0.4 is 10.3 Å². The van der Waals surface area contributed by atoms with Crippen molar-refractivity contribution >= 4 is 39.8 Å². The van der Waals surface area contributed by atoms with Crippen LogP contribution >= 0.6 is 0 Å². The predicted octanol–water partition coefficient (Wildman–Crippen LogP) is 2.34. The molecule has 1 aliphatic carbocycles. The van der Waals surface area contributed by atoms with Crippen LogP contribution in [0.3, 0.4) is 0 Å². The Bertz CT molecular complexity index is 1460. The van der Waals surface area contributed by atoms with E-state index in [-0.39, 0.29) is 47.7 Å². The van der Waals surface area contributed by atoms with Gasteiger partial charge < -0.3 is 14.4 Å². The van der Waals surface area contributed by atoms with E-state index in [9.17, 15) is 24.0 Å². The quantitative estimate of drug-likeness (QED) is 0.274. The molecule has 2 aliphatic rings. The van der Waals surface area contributed by atoms with Crippen molar-refractivity contribution in [2.75, 3.05) is 31.1 Å². The monoisotopic (exact) mass is 495 g/mol. The molecule has 0 bridgehead atoms. The second-order valence-electron chi connectivity index (χ2n) is 8.47. The van der Waals surface area contributed by atoms with E-state index in [2.05, 4.69) is 0 Å². The van der Waals surface area contributed by atoms with Crippen LogP contribution in [-0.4, -0.2) is 58.9 Å². The van der Waals surface area contributed by atoms with Gasteiger partial charge in [-0.3, -0.25) is 24.0 Å². The van der Waals surface area contributed by atoms with E-state index in [0.717, 1.165) is 24.3 Å². The first kappa shape index (κ1) is 24.9. The maximum absolute atomic E-state index is 15.7. The minimum absolute atomic E-state index is 0.115. The van der Waals surface area contributed by atoms with Gasteiger partial charge in [0.25, 0.3) is 0 Å². The van der Waals surface area contributed by atoms with Crippen molar-refractivity contribution in [3.05, 3.63) is 75.6 Å². The Morgan fingerprint density at radius 3 is 2.33 bits per heavy atom. The van der Waals surface area contributed by atoms with E-state index in [0.29, 0.717) is 18.7 Å². The Hall–Kier alpha value is -4.21. The fraction of sp³-hybridized carbons (Fsp3) is 0.269. The van der Waals surface area contributed by atoms with Crippen molar-refractivity contribution in [2.45, 2.75) is 20.4 Å². The molecule has 0 spiro atoms. The number of pyridine rings is 1. The average molecular weight is 495 g/mol. The molecule has 0 radical (unpaired) electrons. The highest BCUT2D eigenvalue weighted by Crippen LogP contribution is 2.31. The van der Waals surface area contributed by atoms with Gasteiger partial charge in [0.15, 0.2) is 11.6 Å². The molecular weight excluding hydrogens is 472 g/mol. The number of rotatable bonds is 5. The summed E-state index contributed by atoms with van der Waals surface area (Å²) in [6.07, 6.45) is 7.09. The molecule has 1 amide bonds. The molecule has 36 heavy (non-hydrogen) atoms. The molecule has 2 heterocycles. The summed E-state index contributed by atoms with van der Waals surface area (Å²) in [4.78, 5) is 63.4. The third-order valence-corrected chi connectivity index (χ3v) is 6.27. The van der Waals surface area contributed by atoms with Crippen molar-refractivity contribution in [1.82, 2.24) is 9.47 Å². The molecule has 8 nitrogen and oxygen atoms in total. The van der Waals surface area contributed by atoms with E-state index >= 15 is 8.78 Å². The molecule has 4 rings (SSSR count). The third kappa shape index (κ3) is 4.53. The van der Waals surface area contributed by atoms with Crippen LogP contribution in [0.25, 0.3) is 10.9 Å². The number of amides is 1. The van der Waals surface area contributed by atoms with Crippen molar-refractivity contribution in [2.24, 2.45) is 0 Å². The van der Waals surface area contributed by atoms with E-state index in [4.69, 9.17) is 0 Å². The lowest BCUT2D eigenvalue weighted by Gasteiger charge is -2.36. The van der Waals surface area contributed by atoms with E-state index in [1.54, 1.807) is 11.8 Å². The van der Waals surface area contributed by atoms with Crippen molar-refractivity contribution in [1.29, 1.82) is 0 Å². The number of carbonyl (C=O) groups is 4. The lowest BCUT2D eigenvalue weighted by atomic mass is 10.0. The molecule has 10 heteroatoms. The van der Waals surface area contributed by atoms with Gasteiger partial charge in [-0.2, -0.15) is 0 Å². The molecule has 0 unspecified atom stereocenters. The van der Waals surface area contributed by atoms with E-state index in [1.807, 2.05) is 0 Å². The van der Waals surface area contributed by atoms with Gasteiger partial charge in [-0.25, -0.2) is 8.78 Å². The summed E-state index contributed by atoms with van der Waals surface area (Å²) >= 11 is 0. The minimum atomic E-state index is -0.933. The van der Waals surface area contributed by atoms with Crippen molar-refractivity contribution < 1.29 is 28.0 Å². The fourth-order valence-corrected chi connectivity index (χ4v) is 4.33. The highest BCUT2D eigenvalue weighted by Gasteiger charge is 2.27. The van der Waals surface area contributed by atoms with E-state index in [1.165, 1.54) is 34.7 Å². The molecule has 1 aliphatic heterocycles. The zero-order chi connectivity index (χ0) is 26.1. The predicted molar refractivity (Wildman–Crippen MR) is 129 cm³/mol. The fourth-order valence-electron chi connectivity index (χ4n) is 4.33. The number of allylic oxidation sites excluding steroid dienone is 6. The molecule has 0 N–H and O–H groups in total. The van der Waals surface area contributed by atoms with Gasteiger partial charge in [0.05, 0.1) is 16.5 Å². The van der Waals surface area contributed by atoms with Gasteiger partial charge >= 0.3 is 0 Å². The van der Waals surface area contributed by atoms with Crippen LogP contribution in [0.2, 0.25) is 0 Å². The third-order valence-electron chi connectivity index (χ3n) is 6.27. The maximum Gasteiger partial charge on any atom is 0.226 e. The summed E-state index contributed by atoms with van der Waals surface area (Å²) < 4.78 is 32.2. The molecule has 1 aromatic carbocycles. The van der Waals surface area contributed by atoms with Crippen LogP contribution in [0.4, 0.5) is 14.5 Å². The highest BCUT2D eigenvalue weighted by molar-refractivity contribution is 6.46. The van der Waals surface area contributed by atoms with Crippen molar-refractivity contribution in [3.8, 4) is 0 Å². The molecule has 0 atom stereocenters. The Labute approximate surface area is 204 Å². The molecule has 2 aromatic rings. The maximum atomic E-state index is 15.7. The SMILES string of the molecule is CCn1cc(C(=O)/C=C/C2=CC(=O)C(=O)C=C2)c(=O)c2cc(F)c(N3CCN(C(C)=O)CC3)c(F)c21. The van der Waals surface area contributed by atoms with Crippen LogP contribution in [0.15, 0.2) is 53.0 Å². The number of anilines is 1. The number of aromatic nitrogens is 1. The molecule has 186 valence electrons. The number of carbonyl (C=O) groups excluding carboxylic acids is 4. The van der Waals surface area contributed by atoms with Gasteiger partial charge in [-0.05, 0) is 36.8 Å². The average Bonchev–Trinajstić information content (AvgIpc) is 2.85. The summed E-state index contributed by atoms with van der Waals surface area (Å²) in [5, 5.41) is -0.269. The van der Waals surface area contributed by atoms with Crippen molar-refractivity contribution in [3.63, 3.8) is 0 Å². The van der Waals surface area contributed by atoms with Gasteiger partial charge in [0, 0.05) is 45.8 Å². The molecule has 1 fully saturated rings. The zero-order valence-electron chi connectivity index (χ0n) is 19.7. The Morgan fingerprint density at radius 2 is 1.72 bits per heavy atom.